The molecule has 2 fully saturated rings. The van der Waals surface area contributed by atoms with E-state index in [-0.39, 0.29) is 43.1 Å². The highest BCUT2D eigenvalue weighted by molar-refractivity contribution is 5.93. The number of piperazine rings is 1. The van der Waals surface area contributed by atoms with Crippen molar-refractivity contribution in [1.82, 2.24) is 19.9 Å². The summed E-state index contributed by atoms with van der Waals surface area (Å²) < 4.78 is 140. The van der Waals surface area contributed by atoms with E-state index in [1.54, 1.807) is 79.1 Å². The van der Waals surface area contributed by atoms with E-state index in [0.29, 0.717) is 35.5 Å². The fourth-order valence-electron chi connectivity index (χ4n) is 8.04. The van der Waals surface area contributed by atoms with Gasteiger partial charge in [-0.15, -0.1) is 0 Å². The highest BCUT2D eigenvalue weighted by Gasteiger charge is 2.46. The molecule has 2 saturated heterocycles. The number of nitrogens with zero attached hydrogens (tertiary/aromatic N) is 6. The van der Waals surface area contributed by atoms with Gasteiger partial charge in [0.2, 0.25) is 0 Å². The summed E-state index contributed by atoms with van der Waals surface area (Å²) in [6, 6.07) is 12.6. The average molecular weight is 889 g/mol. The molecule has 5 aromatic rings. The van der Waals surface area contributed by atoms with Crippen molar-refractivity contribution >= 4 is 28.5 Å². The number of amides is 1. The molecule has 4 heterocycles. The molecule has 0 saturated carbocycles. The van der Waals surface area contributed by atoms with Gasteiger partial charge in [-0.3, -0.25) is 9.88 Å². The van der Waals surface area contributed by atoms with Crippen molar-refractivity contribution in [3.8, 4) is 28.8 Å². The first-order valence-corrected chi connectivity index (χ1v) is 19.9. The maximum absolute atomic E-state index is 17.2. The van der Waals surface area contributed by atoms with Crippen LogP contribution in [0.2, 0.25) is 0 Å². The zero-order valence-electron chi connectivity index (χ0n) is 35.1. The van der Waals surface area contributed by atoms with Gasteiger partial charge in [-0.25, -0.2) is 13.6 Å². The summed E-state index contributed by atoms with van der Waals surface area (Å²) in [5.41, 5.74) is -4.62. The molecule has 7 rings (SSSR count). The van der Waals surface area contributed by atoms with Gasteiger partial charge in [0.15, 0.2) is 12.4 Å². The Morgan fingerprint density at radius 1 is 0.825 bits per heavy atom. The fourth-order valence-corrected chi connectivity index (χ4v) is 8.04. The molecule has 0 N–H and O–H groups in total. The predicted molar refractivity (Wildman–Crippen MR) is 217 cm³/mol. The van der Waals surface area contributed by atoms with Gasteiger partial charge >= 0.3 is 24.5 Å². The second-order valence-corrected chi connectivity index (χ2v) is 16.4. The highest BCUT2D eigenvalue weighted by Crippen LogP contribution is 2.45. The summed E-state index contributed by atoms with van der Waals surface area (Å²) in [5, 5.41) is -0.144. The first-order chi connectivity index (χ1) is 29.6. The lowest BCUT2D eigenvalue weighted by Gasteiger charge is -2.42. The highest BCUT2D eigenvalue weighted by atomic mass is 19.4. The number of anilines is 2. The minimum Gasteiger partial charge on any atom is -0.497 e. The van der Waals surface area contributed by atoms with Crippen molar-refractivity contribution in [2.24, 2.45) is 0 Å². The van der Waals surface area contributed by atoms with Crippen LogP contribution in [0.25, 0.3) is 22.2 Å². The molecule has 0 aliphatic carbocycles. The second-order valence-electron chi connectivity index (χ2n) is 16.4. The third kappa shape index (κ3) is 9.76. The number of methoxy groups -OCH3 is 2. The van der Waals surface area contributed by atoms with Crippen LogP contribution >= 0.6 is 0 Å². The van der Waals surface area contributed by atoms with Crippen LogP contribution in [0.3, 0.4) is 0 Å². The number of hydrogen-bond acceptors (Lipinski definition) is 10. The second kappa shape index (κ2) is 17.2. The quantitative estimate of drug-likeness (QED) is 0.119. The minimum atomic E-state index is -5.23. The maximum Gasteiger partial charge on any atom is 0.422 e. The van der Waals surface area contributed by atoms with Gasteiger partial charge in [-0.2, -0.15) is 36.3 Å². The largest absolute Gasteiger partial charge is 0.497 e. The summed E-state index contributed by atoms with van der Waals surface area (Å²) in [4.78, 5) is 30.2. The number of alkyl halides is 6. The van der Waals surface area contributed by atoms with Crippen LogP contribution in [-0.2, 0) is 24.0 Å². The summed E-state index contributed by atoms with van der Waals surface area (Å²) in [6.45, 7) is 4.39. The molecule has 2 aliphatic heterocycles. The van der Waals surface area contributed by atoms with Crippen LogP contribution in [0.4, 0.5) is 51.4 Å². The van der Waals surface area contributed by atoms with Gasteiger partial charge in [0.25, 0.3) is 0 Å². The van der Waals surface area contributed by atoms with Gasteiger partial charge in [-0.1, -0.05) is 24.3 Å². The number of hydrogen-bond donors (Lipinski definition) is 0. The third-order valence-electron chi connectivity index (χ3n) is 10.8. The summed E-state index contributed by atoms with van der Waals surface area (Å²) in [7, 11) is 2.96. The van der Waals surface area contributed by atoms with Crippen molar-refractivity contribution in [1.29, 1.82) is 0 Å². The topological polar surface area (TPSA) is 102 Å². The Bertz CT molecular complexity index is 2420. The smallest absolute Gasteiger partial charge is 0.422 e. The molecule has 0 spiro atoms. The molecule has 11 nitrogen and oxygen atoms in total. The molecule has 19 heteroatoms. The van der Waals surface area contributed by atoms with Gasteiger partial charge in [0.1, 0.15) is 39.9 Å². The Balaban J connectivity index is 1.37. The van der Waals surface area contributed by atoms with Crippen molar-refractivity contribution < 1.29 is 58.9 Å². The SMILES string of the molecule is COc1ccc(CN(Cc2ccc(OC)cc2)c2cc(-c3ncc4c(N5C[C@H]6CC[C@@H](C5)N6C(=O)OC(C)(C)C)nc(OCC(F)(F)F)nc4c3F)c(C(F)(F)F)c(C)c2F)cc1. The number of fused-ring (bicyclic) bond motifs is 3. The van der Waals surface area contributed by atoms with Crippen molar-refractivity contribution in [2.75, 3.05) is 43.7 Å². The van der Waals surface area contributed by atoms with Crippen molar-refractivity contribution in [2.45, 2.75) is 83.7 Å². The van der Waals surface area contributed by atoms with Crippen LogP contribution in [0.15, 0.2) is 60.8 Å². The third-order valence-corrected chi connectivity index (χ3v) is 10.8. The zero-order chi connectivity index (χ0) is 45.6. The molecular formula is C44H44F8N6O5. The molecule has 2 atom stereocenters. The first-order valence-electron chi connectivity index (χ1n) is 19.9. The Morgan fingerprint density at radius 2 is 1.38 bits per heavy atom. The molecule has 336 valence electrons. The first kappa shape index (κ1) is 44.9. The number of halogens is 8. The molecule has 63 heavy (non-hydrogen) atoms. The molecule has 2 aromatic heterocycles. The van der Waals surface area contributed by atoms with Crippen LogP contribution < -0.4 is 24.0 Å². The van der Waals surface area contributed by atoms with Gasteiger partial charge < -0.3 is 28.7 Å². The number of aromatic nitrogens is 3. The summed E-state index contributed by atoms with van der Waals surface area (Å²) in [5.74, 6) is -1.70. The number of benzene rings is 3. The fraction of sp³-hybridized carbons (Fsp3) is 0.409. The number of rotatable bonds is 11. The Kier molecular flexibility index (Phi) is 12.3. The van der Waals surface area contributed by atoms with Crippen molar-refractivity contribution in [3.05, 3.63) is 94.7 Å². The average Bonchev–Trinajstić information content (AvgIpc) is 3.49. The standard InChI is InChI=1S/C44H44F8N6O5/c1-24-34(44(50,51)52)31(17-33(35(24)45)56(19-25-7-13-29(60-5)14-8-25)20-26-9-15-30(61-6)16-10-26)37-36(46)38-32(18-53-37)39(55-40(54-38)62-23-43(47,48)49)57-21-27-11-12-28(22-57)58(27)41(59)63-42(2,3)4/h7-10,13-18,27-28H,11-12,19-23H2,1-6H3/t27-,28+. The normalized spacial score (nSPS) is 16.7. The summed E-state index contributed by atoms with van der Waals surface area (Å²) >= 11 is 0. The van der Waals surface area contributed by atoms with E-state index in [4.69, 9.17) is 18.9 Å². The molecule has 2 bridgehead atoms. The van der Waals surface area contributed by atoms with Gasteiger partial charge in [0.05, 0.1) is 42.9 Å². The molecule has 1 amide bonds. The van der Waals surface area contributed by atoms with E-state index in [9.17, 15) is 18.0 Å². The Labute approximate surface area is 357 Å². The van der Waals surface area contributed by atoms with E-state index < -0.39 is 88.3 Å². The van der Waals surface area contributed by atoms with Crippen LogP contribution in [0.1, 0.15) is 55.9 Å². The molecule has 0 radical (unpaired) electrons. The van der Waals surface area contributed by atoms with Gasteiger partial charge in [0, 0.05) is 37.9 Å². The zero-order valence-corrected chi connectivity index (χ0v) is 35.1. The molecule has 2 aliphatic rings. The van der Waals surface area contributed by atoms with E-state index in [1.165, 1.54) is 19.1 Å². The lowest BCUT2D eigenvalue weighted by Crippen LogP contribution is -2.57. The van der Waals surface area contributed by atoms with Crippen LogP contribution in [0, 0.1) is 18.6 Å². The van der Waals surface area contributed by atoms with Crippen molar-refractivity contribution in [3.63, 3.8) is 0 Å². The lowest BCUT2D eigenvalue weighted by atomic mass is 9.95. The monoisotopic (exact) mass is 888 g/mol. The van der Waals surface area contributed by atoms with Crippen LogP contribution in [-0.4, -0.2) is 83.7 Å². The minimum absolute atomic E-state index is 0.0233. The Morgan fingerprint density at radius 3 is 1.87 bits per heavy atom. The molecule has 0 unspecified atom stereocenters. The van der Waals surface area contributed by atoms with E-state index >= 15 is 22.0 Å². The lowest BCUT2D eigenvalue weighted by molar-refractivity contribution is -0.154. The van der Waals surface area contributed by atoms with E-state index in [0.717, 1.165) is 19.2 Å². The van der Waals surface area contributed by atoms with E-state index in [1.807, 2.05) is 0 Å². The van der Waals surface area contributed by atoms with Gasteiger partial charge in [-0.05, 0) is 87.6 Å². The number of ether oxygens (including phenoxy) is 4. The number of carbonyl (C=O) groups is 1. The number of pyridine rings is 1. The van der Waals surface area contributed by atoms with Crippen LogP contribution in [0.5, 0.6) is 17.5 Å². The maximum atomic E-state index is 17.2. The van der Waals surface area contributed by atoms with E-state index in [2.05, 4.69) is 15.0 Å². The number of carbonyl (C=O) groups excluding carboxylic acids is 1. The Hall–Kier alpha value is -6.14. The molecule has 3 aromatic carbocycles. The molecular weight excluding hydrogens is 845 g/mol. The summed E-state index contributed by atoms with van der Waals surface area (Å²) in [6.07, 6.45) is -8.50. The predicted octanol–water partition coefficient (Wildman–Crippen LogP) is 10.1.